The molecule has 0 radical (unpaired) electrons. The fraction of sp³-hybridized carbons (Fsp3) is 0.462. The lowest BCUT2D eigenvalue weighted by Gasteiger charge is -2.44. The largest absolute Gasteiger partial charge is 0.483 e. The molecule has 1 amide bonds. The van der Waals surface area contributed by atoms with Gasteiger partial charge in [-0.1, -0.05) is 23.7 Å². The third-order valence-corrected chi connectivity index (χ3v) is 6.57. The molecule has 0 saturated carbocycles. The Morgan fingerprint density at radius 3 is 2.50 bits per heavy atom. The van der Waals surface area contributed by atoms with Crippen molar-refractivity contribution in [1.29, 1.82) is 0 Å². The summed E-state index contributed by atoms with van der Waals surface area (Å²) in [6.07, 6.45) is 0. The molecule has 1 fully saturated rings. The number of likely N-dealkylation sites (N-methyl/N-ethyl adjacent to an activating group) is 1. The summed E-state index contributed by atoms with van der Waals surface area (Å²) in [5, 5.41) is 3.54. The number of hydrogen-bond acceptors (Lipinski definition) is 5. The summed E-state index contributed by atoms with van der Waals surface area (Å²) in [5.74, 6) is -0.279. The molecule has 3 unspecified atom stereocenters. The van der Waals surface area contributed by atoms with E-state index >= 15 is 0 Å². The van der Waals surface area contributed by atoms with Crippen LogP contribution in [0.2, 0.25) is 5.02 Å². The van der Waals surface area contributed by atoms with Gasteiger partial charge >= 0.3 is 0 Å². The number of carbonyl (C=O) groups excluding carboxylic acids is 2. The van der Waals surface area contributed by atoms with Crippen LogP contribution in [0, 0.1) is 5.82 Å². The zero-order chi connectivity index (χ0) is 24.8. The molecule has 0 aromatic heterocycles. The van der Waals surface area contributed by atoms with Crippen molar-refractivity contribution in [3.63, 3.8) is 0 Å². The first-order chi connectivity index (χ1) is 16.2. The van der Waals surface area contributed by atoms with Crippen LogP contribution in [0.4, 0.5) is 4.39 Å². The van der Waals surface area contributed by atoms with Gasteiger partial charge in [0.1, 0.15) is 17.3 Å². The van der Waals surface area contributed by atoms with Gasteiger partial charge in [-0.2, -0.15) is 0 Å². The molecular weight excluding hydrogens is 457 g/mol. The average molecular weight is 490 g/mol. The molecule has 1 aliphatic rings. The van der Waals surface area contributed by atoms with Crippen LogP contribution in [0.5, 0.6) is 5.75 Å². The SMILES string of the molecule is CNCC(C(C)=O)c1cc(Cl)ccc1OCC(=O)N1CC(C)N(Cc2ccc(F)cc2)CC1C. The maximum absolute atomic E-state index is 13.2. The van der Waals surface area contributed by atoms with Crippen molar-refractivity contribution in [3.05, 3.63) is 64.4 Å². The Labute approximate surface area is 206 Å². The molecule has 1 saturated heterocycles. The second-order valence-corrected chi connectivity index (χ2v) is 9.43. The highest BCUT2D eigenvalue weighted by Gasteiger charge is 2.32. The summed E-state index contributed by atoms with van der Waals surface area (Å²) in [7, 11) is 1.78. The molecule has 0 bridgehead atoms. The van der Waals surface area contributed by atoms with Gasteiger partial charge in [0.15, 0.2) is 6.61 Å². The van der Waals surface area contributed by atoms with Crippen molar-refractivity contribution in [1.82, 2.24) is 15.1 Å². The van der Waals surface area contributed by atoms with E-state index in [1.165, 1.54) is 19.1 Å². The minimum Gasteiger partial charge on any atom is -0.483 e. The summed E-state index contributed by atoms with van der Waals surface area (Å²) in [5.41, 5.74) is 1.72. The van der Waals surface area contributed by atoms with E-state index in [-0.39, 0.29) is 36.2 Å². The number of amides is 1. The lowest BCUT2D eigenvalue weighted by Crippen LogP contribution is -2.58. The standard InChI is InChI=1S/C26H33ClFN3O3/c1-17-14-31(18(2)13-30(17)15-20-5-8-22(28)9-6-20)26(33)16-34-25-10-7-21(27)11-23(25)24(12-29-4)19(3)32/h5-11,17-18,24,29H,12-16H2,1-4H3. The monoisotopic (exact) mass is 489 g/mol. The highest BCUT2D eigenvalue weighted by atomic mass is 35.5. The van der Waals surface area contributed by atoms with E-state index in [0.717, 1.165) is 5.56 Å². The number of benzene rings is 2. The highest BCUT2D eigenvalue weighted by Crippen LogP contribution is 2.30. The first-order valence-corrected chi connectivity index (χ1v) is 11.9. The first-order valence-electron chi connectivity index (χ1n) is 11.5. The van der Waals surface area contributed by atoms with Crippen molar-refractivity contribution in [3.8, 4) is 5.75 Å². The zero-order valence-electron chi connectivity index (χ0n) is 20.2. The number of nitrogens with one attached hydrogen (secondary N) is 1. The van der Waals surface area contributed by atoms with Crippen molar-refractivity contribution >= 4 is 23.3 Å². The van der Waals surface area contributed by atoms with Crippen LogP contribution in [-0.4, -0.2) is 66.9 Å². The zero-order valence-corrected chi connectivity index (χ0v) is 20.9. The average Bonchev–Trinajstić information content (AvgIpc) is 2.79. The summed E-state index contributed by atoms with van der Waals surface area (Å²) >= 11 is 6.18. The molecule has 34 heavy (non-hydrogen) atoms. The van der Waals surface area contributed by atoms with Gasteiger partial charge in [-0.25, -0.2) is 4.39 Å². The second kappa shape index (κ2) is 11.8. The highest BCUT2D eigenvalue weighted by molar-refractivity contribution is 6.30. The molecule has 1 aliphatic heterocycles. The fourth-order valence-electron chi connectivity index (χ4n) is 4.41. The van der Waals surface area contributed by atoms with Crippen LogP contribution in [0.25, 0.3) is 0 Å². The molecule has 1 N–H and O–H groups in total. The molecule has 2 aromatic rings. The summed E-state index contributed by atoms with van der Waals surface area (Å²) in [4.78, 5) is 29.4. The number of piperazine rings is 1. The van der Waals surface area contributed by atoms with E-state index < -0.39 is 5.92 Å². The molecule has 2 aromatic carbocycles. The van der Waals surface area contributed by atoms with Gasteiger partial charge in [-0.05, 0) is 63.7 Å². The predicted molar refractivity (Wildman–Crippen MR) is 132 cm³/mol. The van der Waals surface area contributed by atoms with E-state index in [2.05, 4.69) is 17.1 Å². The van der Waals surface area contributed by atoms with Crippen LogP contribution < -0.4 is 10.1 Å². The van der Waals surface area contributed by atoms with Crippen molar-refractivity contribution in [2.24, 2.45) is 0 Å². The Hall–Kier alpha value is -2.48. The van der Waals surface area contributed by atoms with Crippen LogP contribution >= 0.6 is 11.6 Å². The minimum absolute atomic E-state index is 0.00620. The molecule has 0 aliphatic carbocycles. The lowest BCUT2D eigenvalue weighted by molar-refractivity contribution is -0.139. The van der Waals surface area contributed by atoms with Crippen LogP contribution in [-0.2, 0) is 16.1 Å². The van der Waals surface area contributed by atoms with Crippen LogP contribution in [0.3, 0.4) is 0 Å². The predicted octanol–water partition coefficient (Wildman–Crippen LogP) is 3.87. The fourth-order valence-corrected chi connectivity index (χ4v) is 4.59. The van der Waals surface area contributed by atoms with Crippen molar-refractivity contribution in [2.75, 3.05) is 33.3 Å². The maximum Gasteiger partial charge on any atom is 0.260 e. The molecule has 8 heteroatoms. The number of Topliss-reactive ketones (excluding diaryl/α,β-unsaturated/α-hetero) is 1. The molecule has 3 rings (SSSR count). The van der Waals surface area contributed by atoms with E-state index in [0.29, 0.717) is 42.5 Å². The number of hydrogen-bond donors (Lipinski definition) is 1. The Bertz CT molecular complexity index is 1000. The number of ether oxygens (including phenoxy) is 1. The Morgan fingerprint density at radius 2 is 1.85 bits per heavy atom. The van der Waals surface area contributed by atoms with E-state index in [9.17, 15) is 14.0 Å². The third kappa shape index (κ3) is 6.56. The Balaban J connectivity index is 1.64. The van der Waals surface area contributed by atoms with Gasteiger partial charge in [-0.3, -0.25) is 14.5 Å². The van der Waals surface area contributed by atoms with E-state index in [1.807, 2.05) is 11.8 Å². The van der Waals surface area contributed by atoms with Gasteiger partial charge in [0.25, 0.3) is 5.91 Å². The molecule has 6 nitrogen and oxygen atoms in total. The number of ketones is 1. The smallest absolute Gasteiger partial charge is 0.260 e. The van der Waals surface area contributed by atoms with Crippen molar-refractivity contribution in [2.45, 2.75) is 45.3 Å². The number of rotatable bonds is 9. The van der Waals surface area contributed by atoms with Gasteiger partial charge in [-0.15, -0.1) is 0 Å². The van der Waals surface area contributed by atoms with E-state index in [4.69, 9.17) is 16.3 Å². The molecule has 0 spiro atoms. The maximum atomic E-state index is 13.2. The quantitative estimate of drug-likeness (QED) is 0.579. The van der Waals surface area contributed by atoms with E-state index in [1.54, 1.807) is 37.4 Å². The van der Waals surface area contributed by atoms with Crippen LogP contribution in [0.15, 0.2) is 42.5 Å². The van der Waals surface area contributed by atoms with Gasteiger partial charge in [0.05, 0.1) is 5.92 Å². The molecule has 1 heterocycles. The lowest BCUT2D eigenvalue weighted by atomic mass is 9.94. The molecular formula is C26H33ClFN3O3. The number of halogens is 2. The minimum atomic E-state index is -0.414. The second-order valence-electron chi connectivity index (χ2n) is 8.99. The molecule has 184 valence electrons. The Kier molecular flexibility index (Phi) is 9.05. The van der Waals surface area contributed by atoms with Gasteiger partial charge in [0, 0.05) is 48.8 Å². The summed E-state index contributed by atoms with van der Waals surface area (Å²) in [6.45, 7) is 7.97. The third-order valence-electron chi connectivity index (χ3n) is 6.33. The first kappa shape index (κ1) is 26.1. The summed E-state index contributed by atoms with van der Waals surface area (Å²) in [6, 6.07) is 11.8. The van der Waals surface area contributed by atoms with Crippen molar-refractivity contribution < 1.29 is 18.7 Å². The number of carbonyl (C=O) groups is 2. The number of nitrogens with zero attached hydrogens (tertiary/aromatic N) is 2. The van der Waals surface area contributed by atoms with Gasteiger partial charge < -0.3 is 15.0 Å². The van der Waals surface area contributed by atoms with Gasteiger partial charge in [0.2, 0.25) is 0 Å². The van der Waals surface area contributed by atoms with Crippen LogP contribution in [0.1, 0.15) is 37.8 Å². The summed E-state index contributed by atoms with van der Waals surface area (Å²) < 4.78 is 19.1. The topological polar surface area (TPSA) is 61.9 Å². The Morgan fingerprint density at radius 1 is 1.15 bits per heavy atom. The normalized spacial score (nSPS) is 19.6. The molecule has 3 atom stereocenters.